The van der Waals surface area contributed by atoms with Crippen LogP contribution in [0.25, 0.3) is 0 Å². The maximum atomic E-state index is 12.9. The summed E-state index contributed by atoms with van der Waals surface area (Å²) in [5.41, 5.74) is 1.44. The van der Waals surface area contributed by atoms with E-state index < -0.39 is 10.0 Å². The lowest BCUT2D eigenvalue weighted by molar-refractivity contribution is -0.116. The highest BCUT2D eigenvalue weighted by Gasteiger charge is 2.25. The van der Waals surface area contributed by atoms with E-state index >= 15 is 0 Å². The molecule has 0 unspecified atom stereocenters. The SMILES string of the molecule is O=C(CCc1ccc(S(=O)(=O)N2CCCCC2)cc1)Nc1ccc(F)cc1. The Labute approximate surface area is 159 Å². The highest BCUT2D eigenvalue weighted by Crippen LogP contribution is 2.21. The zero-order chi connectivity index (χ0) is 19.3. The number of sulfonamides is 1. The average molecular weight is 390 g/mol. The summed E-state index contributed by atoms with van der Waals surface area (Å²) in [6, 6.07) is 12.3. The number of carbonyl (C=O) groups excluding carboxylic acids is 1. The van der Waals surface area contributed by atoms with Crippen LogP contribution in [0.4, 0.5) is 10.1 Å². The number of aryl methyl sites for hydroxylation is 1. The molecule has 0 aliphatic carbocycles. The van der Waals surface area contributed by atoms with Gasteiger partial charge in [0.05, 0.1) is 4.90 Å². The van der Waals surface area contributed by atoms with Crippen LogP contribution in [0, 0.1) is 5.82 Å². The molecule has 5 nitrogen and oxygen atoms in total. The Kier molecular flexibility index (Phi) is 6.23. The van der Waals surface area contributed by atoms with Crippen molar-refractivity contribution in [3.05, 3.63) is 59.9 Å². The van der Waals surface area contributed by atoms with E-state index in [9.17, 15) is 17.6 Å². The Morgan fingerprint density at radius 1 is 0.963 bits per heavy atom. The molecule has 2 aromatic carbocycles. The predicted octanol–water partition coefficient (Wildman–Crippen LogP) is 3.57. The lowest BCUT2D eigenvalue weighted by Gasteiger charge is -2.25. The molecule has 144 valence electrons. The number of halogens is 1. The molecule has 1 saturated heterocycles. The molecule has 0 saturated carbocycles. The highest BCUT2D eigenvalue weighted by atomic mass is 32.2. The number of amides is 1. The van der Waals surface area contributed by atoms with Crippen LogP contribution in [0.1, 0.15) is 31.2 Å². The first-order valence-corrected chi connectivity index (χ1v) is 10.5. The molecule has 1 N–H and O–H groups in total. The summed E-state index contributed by atoms with van der Waals surface area (Å²) >= 11 is 0. The normalized spacial score (nSPS) is 15.4. The van der Waals surface area contributed by atoms with Crippen LogP contribution in [-0.4, -0.2) is 31.7 Å². The first-order valence-electron chi connectivity index (χ1n) is 9.10. The molecule has 1 heterocycles. The molecule has 1 fully saturated rings. The first kappa shape index (κ1) is 19.5. The number of carbonyl (C=O) groups is 1. The summed E-state index contributed by atoms with van der Waals surface area (Å²) in [4.78, 5) is 12.3. The Hall–Kier alpha value is -2.25. The van der Waals surface area contributed by atoms with Crippen LogP contribution < -0.4 is 5.32 Å². The van der Waals surface area contributed by atoms with Gasteiger partial charge in [-0.1, -0.05) is 18.6 Å². The molecule has 0 radical (unpaired) electrons. The van der Waals surface area contributed by atoms with E-state index in [-0.39, 0.29) is 18.1 Å². The number of rotatable bonds is 6. The average Bonchev–Trinajstić information content (AvgIpc) is 2.69. The van der Waals surface area contributed by atoms with E-state index in [1.165, 1.54) is 24.3 Å². The first-order chi connectivity index (χ1) is 12.9. The summed E-state index contributed by atoms with van der Waals surface area (Å²) in [5.74, 6) is -0.529. The standard InChI is InChI=1S/C20H23FN2O3S/c21-17-7-9-18(10-8-17)22-20(24)13-6-16-4-11-19(12-5-16)27(25,26)23-14-2-1-3-15-23/h4-5,7-12H,1-3,6,13-15H2,(H,22,24). The molecule has 27 heavy (non-hydrogen) atoms. The van der Waals surface area contributed by atoms with Crippen molar-refractivity contribution in [3.8, 4) is 0 Å². The minimum absolute atomic E-state index is 0.174. The predicted molar refractivity (Wildman–Crippen MR) is 102 cm³/mol. The van der Waals surface area contributed by atoms with Crippen molar-refractivity contribution in [2.45, 2.75) is 37.0 Å². The van der Waals surface area contributed by atoms with Gasteiger partial charge in [-0.15, -0.1) is 0 Å². The van der Waals surface area contributed by atoms with Gasteiger partial charge in [-0.25, -0.2) is 12.8 Å². The van der Waals surface area contributed by atoms with Gasteiger partial charge in [0.2, 0.25) is 15.9 Å². The fourth-order valence-corrected chi connectivity index (χ4v) is 4.61. The van der Waals surface area contributed by atoms with Crippen molar-refractivity contribution in [1.82, 2.24) is 4.31 Å². The van der Waals surface area contributed by atoms with E-state index in [0.717, 1.165) is 24.8 Å². The molecule has 7 heteroatoms. The van der Waals surface area contributed by atoms with Gasteiger partial charge in [-0.2, -0.15) is 4.31 Å². The molecule has 1 aliphatic rings. The van der Waals surface area contributed by atoms with Gasteiger partial charge in [-0.05, 0) is 61.2 Å². The maximum absolute atomic E-state index is 12.9. The van der Waals surface area contributed by atoms with Gasteiger partial charge in [0.25, 0.3) is 0 Å². The maximum Gasteiger partial charge on any atom is 0.243 e. The minimum Gasteiger partial charge on any atom is -0.326 e. The van der Waals surface area contributed by atoms with E-state index in [1.54, 1.807) is 28.6 Å². The van der Waals surface area contributed by atoms with Crippen LogP contribution in [0.2, 0.25) is 0 Å². The Bertz CT molecular complexity index is 874. The molecular weight excluding hydrogens is 367 g/mol. The van der Waals surface area contributed by atoms with Crippen molar-refractivity contribution in [2.24, 2.45) is 0 Å². The largest absolute Gasteiger partial charge is 0.326 e. The van der Waals surface area contributed by atoms with Gasteiger partial charge in [-0.3, -0.25) is 4.79 Å². The van der Waals surface area contributed by atoms with E-state index in [0.29, 0.717) is 30.1 Å². The lowest BCUT2D eigenvalue weighted by Crippen LogP contribution is -2.35. The summed E-state index contributed by atoms with van der Waals surface area (Å²) in [7, 11) is -3.43. The van der Waals surface area contributed by atoms with Gasteiger partial charge in [0.1, 0.15) is 5.82 Å². The van der Waals surface area contributed by atoms with Crippen molar-refractivity contribution in [3.63, 3.8) is 0 Å². The third-order valence-electron chi connectivity index (χ3n) is 4.64. The van der Waals surface area contributed by atoms with Crippen molar-refractivity contribution in [2.75, 3.05) is 18.4 Å². The number of anilines is 1. The number of nitrogens with zero attached hydrogens (tertiary/aromatic N) is 1. The Morgan fingerprint density at radius 3 is 2.22 bits per heavy atom. The van der Waals surface area contributed by atoms with Crippen molar-refractivity contribution < 1.29 is 17.6 Å². The molecule has 3 rings (SSSR count). The molecule has 1 aliphatic heterocycles. The third kappa shape index (κ3) is 5.14. The number of benzene rings is 2. The second-order valence-electron chi connectivity index (χ2n) is 6.66. The monoisotopic (exact) mass is 390 g/mol. The van der Waals surface area contributed by atoms with Crippen LogP contribution in [0.5, 0.6) is 0 Å². The molecule has 2 aromatic rings. The molecule has 0 spiro atoms. The zero-order valence-corrected chi connectivity index (χ0v) is 15.8. The van der Waals surface area contributed by atoms with Crippen LogP contribution in [0.15, 0.2) is 53.4 Å². The molecular formula is C20H23FN2O3S. The number of piperidine rings is 1. The van der Waals surface area contributed by atoms with Crippen molar-refractivity contribution in [1.29, 1.82) is 0 Å². The second kappa shape index (κ2) is 8.63. The third-order valence-corrected chi connectivity index (χ3v) is 6.56. The lowest BCUT2D eigenvalue weighted by atomic mass is 10.1. The Morgan fingerprint density at radius 2 is 1.59 bits per heavy atom. The van der Waals surface area contributed by atoms with Gasteiger partial charge < -0.3 is 5.32 Å². The smallest absolute Gasteiger partial charge is 0.243 e. The van der Waals surface area contributed by atoms with Crippen molar-refractivity contribution >= 4 is 21.6 Å². The molecule has 0 bridgehead atoms. The summed E-state index contributed by atoms with van der Waals surface area (Å²) in [6.45, 7) is 1.15. The second-order valence-corrected chi connectivity index (χ2v) is 8.60. The van der Waals surface area contributed by atoms with Crippen LogP contribution in [0.3, 0.4) is 0 Å². The van der Waals surface area contributed by atoms with E-state index in [4.69, 9.17) is 0 Å². The summed E-state index contributed by atoms with van der Waals surface area (Å²) in [5, 5.41) is 2.71. The summed E-state index contributed by atoms with van der Waals surface area (Å²) < 4.78 is 39.7. The van der Waals surface area contributed by atoms with Gasteiger partial charge in [0, 0.05) is 25.2 Å². The summed E-state index contributed by atoms with van der Waals surface area (Å²) in [6.07, 6.45) is 3.64. The van der Waals surface area contributed by atoms with Gasteiger partial charge in [0.15, 0.2) is 0 Å². The topological polar surface area (TPSA) is 66.5 Å². The van der Waals surface area contributed by atoms with E-state index in [1.807, 2.05) is 0 Å². The number of hydrogen-bond donors (Lipinski definition) is 1. The molecule has 1 amide bonds. The van der Waals surface area contributed by atoms with Crippen LogP contribution >= 0.6 is 0 Å². The number of nitrogens with one attached hydrogen (secondary N) is 1. The van der Waals surface area contributed by atoms with Gasteiger partial charge >= 0.3 is 0 Å². The fraction of sp³-hybridized carbons (Fsp3) is 0.350. The fourth-order valence-electron chi connectivity index (χ4n) is 3.10. The quantitative estimate of drug-likeness (QED) is 0.820. The molecule has 0 aromatic heterocycles. The zero-order valence-electron chi connectivity index (χ0n) is 15.0. The molecule has 0 atom stereocenters. The van der Waals surface area contributed by atoms with Crippen LogP contribution in [-0.2, 0) is 21.2 Å². The minimum atomic E-state index is -3.43. The number of hydrogen-bond acceptors (Lipinski definition) is 3. The highest BCUT2D eigenvalue weighted by molar-refractivity contribution is 7.89. The van der Waals surface area contributed by atoms with E-state index in [2.05, 4.69) is 5.32 Å². The Balaban J connectivity index is 1.55.